The molecular formula is C21H30N4O. The van der Waals surface area contributed by atoms with E-state index in [-0.39, 0.29) is 11.9 Å². The third-order valence-electron chi connectivity index (χ3n) is 5.11. The van der Waals surface area contributed by atoms with Crippen molar-refractivity contribution in [3.8, 4) is 0 Å². The van der Waals surface area contributed by atoms with E-state index in [1.54, 1.807) is 6.20 Å². The molecule has 1 fully saturated rings. The molecule has 26 heavy (non-hydrogen) atoms. The van der Waals surface area contributed by atoms with Crippen molar-refractivity contribution in [1.82, 2.24) is 20.0 Å². The van der Waals surface area contributed by atoms with Crippen molar-refractivity contribution in [3.63, 3.8) is 0 Å². The van der Waals surface area contributed by atoms with E-state index < -0.39 is 0 Å². The molecule has 2 aromatic rings. The summed E-state index contributed by atoms with van der Waals surface area (Å²) in [6, 6.07) is 12.8. The fourth-order valence-electron chi connectivity index (χ4n) is 3.67. The number of hydrogen-bond acceptors (Lipinski definition) is 3. The summed E-state index contributed by atoms with van der Waals surface area (Å²) in [6.07, 6.45) is 10.2. The minimum atomic E-state index is 0.132. The lowest BCUT2D eigenvalue weighted by atomic mass is 10.0. The van der Waals surface area contributed by atoms with Gasteiger partial charge in [-0.1, -0.05) is 43.2 Å². The first kappa shape index (κ1) is 18.6. The summed E-state index contributed by atoms with van der Waals surface area (Å²) in [5.74, 6) is 0.132. The maximum atomic E-state index is 12.3. The van der Waals surface area contributed by atoms with Crippen molar-refractivity contribution in [2.75, 3.05) is 19.6 Å². The van der Waals surface area contributed by atoms with Gasteiger partial charge in [0.25, 0.3) is 0 Å². The molecule has 140 valence electrons. The highest BCUT2D eigenvalue weighted by atomic mass is 16.1. The lowest BCUT2D eigenvalue weighted by Gasteiger charge is -2.31. The number of amides is 1. The number of carbonyl (C=O) groups is 1. The van der Waals surface area contributed by atoms with Gasteiger partial charge in [0.1, 0.15) is 0 Å². The van der Waals surface area contributed by atoms with Crippen molar-refractivity contribution < 1.29 is 4.79 Å². The normalized spacial score (nSPS) is 16.8. The first-order valence-corrected chi connectivity index (χ1v) is 9.86. The van der Waals surface area contributed by atoms with Crippen LogP contribution < -0.4 is 5.32 Å². The van der Waals surface area contributed by atoms with E-state index in [2.05, 4.69) is 45.6 Å². The number of rotatable bonds is 8. The van der Waals surface area contributed by atoms with E-state index >= 15 is 0 Å². The number of nitrogens with zero attached hydrogens (tertiary/aromatic N) is 3. The van der Waals surface area contributed by atoms with Crippen LogP contribution in [0.4, 0.5) is 0 Å². The predicted octanol–water partition coefficient (Wildman–Crippen LogP) is 3.40. The zero-order valence-electron chi connectivity index (χ0n) is 15.5. The average molecular weight is 354 g/mol. The van der Waals surface area contributed by atoms with Crippen LogP contribution in [0.2, 0.25) is 0 Å². The van der Waals surface area contributed by atoms with Gasteiger partial charge in [0, 0.05) is 31.9 Å². The number of aryl methyl sites for hydroxylation is 1. The highest BCUT2D eigenvalue weighted by Crippen LogP contribution is 2.23. The van der Waals surface area contributed by atoms with Gasteiger partial charge in [-0.05, 0) is 44.0 Å². The molecule has 0 radical (unpaired) electrons. The first-order chi connectivity index (χ1) is 12.8. The maximum Gasteiger partial charge on any atom is 0.220 e. The highest BCUT2D eigenvalue weighted by molar-refractivity contribution is 5.75. The summed E-state index contributed by atoms with van der Waals surface area (Å²) < 4.78 is 1.87. The van der Waals surface area contributed by atoms with E-state index in [1.807, 2.05) is 16.9 Å². The van der Waals surface area contributed by atoms with Crippen molar-refractivity contribution in [2.24, 2.45) is 0 Å². The summed E-state index contributed by atoms with van der Waals surface area (Å²) in [4.78, 5) is 14.8. The molecule has 1 aliphatic heterocycles. The Morgan fingerprint density at radius 1 is 1.08 bits per heavy atom. The van der Waals surface area contributed by atoms with E-state index in [9.17, 15) is 4.79 Å². The van der Waals surface area contributed by atoms with Crippen LogP contribution >= 0.6 is 0 Å². The molecule has 5 nitrogen and oxygen atoms in total. The minimum absolute atomic E-state index is 0.132. The Kier molecular flexibility index (Phi) is 7.25. The van der Waals surface area contributed by atoms with Gasteiger partial charge < -0.3 is 5.32 Å². The average Bonchev–Trinajstić information content (AvgIpc) is 3.04. The van der Waals surface area contributed by atoms with Gasteiger partial charge in [-0.3, -0.25) is 14.4 Å². The second-order valence-electron chi connectivity index (χ2n) is 7.05. The maximum absolute atomic E-state index is 12.3. The number of nitrogens with one attached hydrogen (secondary N) is 1. The van der Waals surface area contributed by atoms with Crippen LogP contribution in [0.15, 0.2) is 48.8 Å². The molecule has 3 rings (SSSR count). The number of benzene rings is 1. The molecule has 0 bridgehead atoms. The van der Waals surface area contributed by atoms with Crippen LogP contribution in [0.3, 0.4) is 0 Å². The lowest BCUT2D eigenvalue weighted by Crippen LogP contribution is -2.38. The summed E-state index contributed by atoms with van der Waals surface area (Å²) >= 11 is 0. The van der Waals surface area contributed by atoms with Gasteiger partial charge in [0.05, 0.1) is 6.04 Å². The second-order valence-corrected chi connectivity index (χ2v) is 7.05. The Labute approximate surface area is 156 Å². The molecule has 2 heterocycles. The van der Waals surface area contributed by atoms with Crippen molar-refractivity contribution >= 4 is 5.91 Å². The summed E-state index contributed by atoms with van der Waals surface area (Å²) in [5.41, 5.74) is 1.30. The molecule has 0 aliphatic carbocycles. The quantitative estimate of drug-likeness (QED) is 0.790. The Bertz CT molecular complexity index is 633. The molecular weight excluding hydrogens is 324 g/mol. The molecule has 1 aromatic carbocycles. The van der Waals surface area contributed by atoms with Gasteiger partial charge in [0.15, 0.2) is 0 Å². The first-order valence-electron chi connectivity index (χ1n) is 9.86. The zero-order valence-corrected chi connectivity index (χ0v) is 15.5. The fourth-order valence-corrected chi connectivity index (χ4v) is 3.67. The van der Waals surface area contributed by atoms with Gasteiger partial charge in [-0.25, -0.2) is 0 Å². The highest BCUT2D eigenvalue weighted by Gasteiger charge is 2.21. The van der Waals surface area contributed by atoms with Crippen LogP contribution in [-0.4, -0.2) is 40.2 Å². The van der Waals surface area contributed by atoms with Gasteiger partial charge >= 0.3 is 0 Å². The van der Waals surface area contributed by atoms with E-state index in [0.29, 0.717) is 13.0 Å². The standard InChI is InChI=1S/C21H30N4O/c26-21(12-8-16-25-17-9-13-23-25)22-18-20(19-10-4-3-5-11-19)24-14-6-1-2-7-15-24/h3-5,9-11,13,17,20H,1-2,6-8,12,14-16,18H2,(H,22,26)/t20-/m0/s1. The molecule has 1 aromatic heterocycles. The van der Waals surface area contributed by atoms with Crippen LogP contribution in [-0.2, 0) is 11.3 Å². The van der Waals surface area contributed by atoms with Crippen LogP contribution in [0.1, 0.15) is 50.1 Å². The van der Waals surface area contributed by atoms with Crippen LogP contribution in [0.5, 0.6) is 0 Å². The van der Waals surface area contributed by atoms with Gasteiger partial charge in [-0.2, -0.15) is 5.10 Å². The third-order valence-corrected chi connectivity index (χ3v) is 5.11. The molecule has 1 atom stereocenters. The van der Waals surface area contributed by atoms with E-state index in [1.165, 1.54) is 31.2 Å². The van der Waals surface area contributed by atoms with Crippen molar-refractivity contribution in [3.05, 3.63) is 54.4 Å². The largest absolute Gasteiger partial charge is 0.354 e. The monoisotopic (exact) mass is 354 g/mol. The molecule has 0 saturated carbocycles. The topological polar surface area (TPSA) is 50.2 Å². The van der Waals surface area contributed by atoms with Crippen LogP contribution in [0, 0.1) is 0 Å². The number of aromatic nitrogens is 2. The van der Waals surface area contributed by atoms with E-state index in [0.717, 1.165) is 26.1 Å². The number of likely N-dealkylation sites (tertiary alicyclic amines) is 1. The molecule has 1 N–H and O–H groups in total. The lowest BCUT2D eigenvalue weighted by molar-refractivity contribution is -0.121. The molecule has 0 unspecified atom stereocenters. The number of hydrogen-bond donors (Lipinski definition) is 1. The summed E-state index contributed by atoms with van der Waals surface area (Å²) in [5, 5.41) is 7.34. The Morgan fingerprint density at radius 2 is 1.85 bits per heavy atom. The SMILES string of the molecule is O=C(CCCn1cccn1)NC[C@@H](c1ccccc1)N1CCCCCC1. The van der Waals surface area contributed by atoms with E-state index in [4.69, 9.17) is 0 Å². The van der Waals surface area contributed by atoms with Crippen molar-refractivity contribution in [2.45, 2.75) is 51.1 Å². The smallest absolute Gasteiger partial charge is 0.220 e. The molecule has 0 spiro atoms. The molecule has 1 amide bonds. The summed E-state index contributed by atoms with van der Waals surface area (Å²) in [6.45, 7) is 3.71. The minimum Gasteiger partial charge on any atom is -0.354 e. The second kappa shape index (κ2) is 10.1. The number of carbonyl (C=O) groups excluding carboxylic acids is 1. The molecule has 1 saturated heterocycles. The van der Waals surface area contributed by atoms with Crippen LogP contribution in [0.25, 0.3) is 0 Å². The fraction of sp³-hybridized carbons (Fsp3) is 0.524. The van der Waals surface area contributed by atoms with Gasteiger partial charge in [-0.15, -0.1) is 0 Å². The third kappa shape index (κ3) is 5.70. The van der Waals surface area contributed by atoms with Crippen molar-refractivity contribution in [1.29, 1.82) is 0 Å². The van der Waals surface area contributed by atoms with Gasteiger partial charge in [0.2, 0.25) is 5.91 Å². The Hall–Kier alpha value is -2.14. The Morgan fingerprint density at radius 3 is 2.54 bits per heavy atom. The summed E-state index contributed by atoms with van der Waals surface area (Å²) in [7, 11) is 0. The zero-order chi connectivity index (χ0) is 18.0. The Balaban J connectivity index is 1.52. The predicted molar refractivity (Wildman–Crippen MR) is 104 cm³/mol. The molecule has 1 aliphatic rings. The molecule has 5 heteroatoms.